The maximum Gasteiger partial charge on any atom is 0.252 e. The molecule has 86 valence electrons. The summed E-state index contributed by atoms with van der Waals surface area (Å²) >= 11 is 0. The van der Waals surface area contributed by atoms with Crippen molar-refractivity contribution < 1.29 is 4.79 Å². The van der Waals surface area contributed by atoms with Gasteiger partial charge in [-0.25, -0.2) is 0 Å². The number of carbonyl (C=O) groups excluding carboxylic acids is 1. The zero-order valence-corrected chi connectivity index (χ0v) is 10.1. The van der Waals surface area contributed by atoms with E-state index in [1.807, 2.05) is 12.1 Å². The van der Waals surface area contributed by atoms with Gasteiger partial charge in [-0.3, -0.25) is 4.79 Å². The lowest BCUT2D eigenvalue weighted by Gasteiger charge is -2.37. The molecule has 2 nitrogen and oxygen atoms in total. The van der Waals surface area contributed by atoms with E-state index < -0.39 is 0 Å². The van der Waals surface area contributed by atoms with Crippen LogP contribution >= 0.6 is 0 Å². The maximum absolute atomic E-state index is 12.0. The Bertz CT molecular complexity index is 475. The second-order valence-electron chi connectivity index (χ2n) is 5.52. The standard InChI is InChI=1S/C14H16BNO/c1-9-4-6-14(7-5-9)12-3-2-10(15)8-11(12)13(17)16-14/h2-3,8-9H,4-7H2,1H3,(H,16,17). The van der Waals surface area contributed by atoms with Gasteiger partial charge in [-0.05, 0) is 37.2 Å². The van der Waals surface area contributed by atoms with Gasteiger partial charge in [0, 0.05) is 5.56 Å². The molecule has 0 bridgehead atoms. The molecule has 1 saturated carbocycles. The van der Waals surface area contributed by atoms with E-state index in [-0.39, 0.29) is 11.4 Å². The van der Waals surface area contributed by atoms with Crippen molar-refractivity contribution in [3.05, 3.63) is 29.3 Å². The molecular weight excluding hydrogens is 209 g/mol. The number of rotatable bonds is 0. The van der Waals surface area contributed by atoms with E-state index in [0.29, 0.717) is 5.46 Å². The molecule has 0 saturated heterocycles. The Balaban J connectivity index is 2.04. The molecule has 0 unspecified atom stereocenters. The molecule has 0 aromatic heterocycles. The Morgan fingerprint density at radius 2 is 2.06 bits per heavy atom. The Morgan fingerprint density at radius 3 is 2.76 bits per heavy atom. The van der Waals surface area contributed by atoms with Crippen molar-refractivity contribution in [1.29, 1.82) is 0 Å². The van der Waals surface area contributed by atoms with E-state index in [1.165, 1.54) is 12.8 Å². The summed E-state index contributed by atoms with van der Waals surface area (Å²) < 4.78 is 0. The first-order valence-electron chi connectivity index (χ1n) is 6.33. The average Bonchev–Trinajstić information content (AvgIpc) is 2.57. The van der Waals surface area contributed by atoms with Gasteiger partial charge in [0.25, 0.3) is 5.91 Å². The number of nitrogens with one attached hydrogen (secondary N) is 1. The first-order valence-corrected chi connectivity index (χ1v) is 6.33. The quantitative estimate of drug-likeness (QED) is 0.668. The van der Waals surface area contributed by atoms with Crippen LogP contribution in [-0.2, 0) is 5.54 Å². The van der Waals surface area contributed by atoms with Crippen LogP contribution < -0.4 is 10.8 Å². The second-order valence-corrected chi connectivity index (χ2v) is 5.52. The van der Waals surface area contributed by atoms with Gasteiger partial charge in [-0.1, -0.05) is 30.6 Å². The van der Waals surface area contributed by atoms with Crippen molar-refractivity contribution in [1.82, 2.24) is 5.32 Å². The van der Waals surface area contributed by atoms with Crippen molar-refractivity contribution in [3.8, 4) is 0 Å². The Kier molecular flexibility index (Phi) is 2.32. The number of hydrogen-bond acceptors (Lipinski definition) is 1. The van der Waals surface area contributed by atoms with Crippen molar-refractivity contribution in [3.63, 3.8) is 0 Å². The molecule has 0 atom stereocenters. The highest BCUT2D eigenvalue weighted by Crippen LogP contribution is 2.43. The van der Waals surface area contributed by atoms with Crippen LogP contribution in [-0.4, -0.2) is 13.8 Å². The summed E-state index contributed by atoms with van der Waals surface area (Å²) in [6.07, 6.45) is 4.47. The summed E-state index contributed by atoms with van der Waals surface area (Å²) in [5, 5.41) is 3.19. The zero-order chi connectivity index (χ0) is 12.0. The monoisotopic (exact) mass is 225 g/mol. The average molecular weight is 225 g/mol. The van der Waals surface area contributed by atoms with Gasteiger partial charge in [0.1, 0.15) is 7.85 Å². The smallest absolute Gasteiger partial charge is 0.252 e. The fourth-order valence-electron chi connectivity index (χ4n) is 3.17. The normalized spacial score (nSPS) is 31.4. The summed E-state index contributed by atoms with van der Waals surface area (Å²) in [6, 6.07) is 5.73. The molecule has 1 aliphatic heterocycles. The van der Waals surface area contributed by atoms with Crippen molar-refractivity contribution in [2.45, 2.75) is 38.1 Å². The third-order valence-electron chi connectivity index (χ3n) is 4.28. The number of amides is 1. The minimum Gasteiger partial charge on any atom is -0.342 e. The maximum atomic E-state index is 12.0. The topological polar surface area (TPSA) is 29.1 Å². The highest BCUT2D eigenvalue weighted by Gasteiger charge is 2.44. The fourth-order valence-corrected chi connectivity index (χ4v) is 3.17. The SMILES string of the molecule is [B]c1ccc2c(c1)C(=O)NC21CCC(C)CC1. The van der Waals surface area contributed by atoms with Crippen LogP contribution in [0.2, 0.25) is 0 Å². The van der Waals surface area contributed by atoms with Gasteiger partial charge in [0.05, 0.1) is 5.54 Å². The zero-order valence-electron chi connectivity index (χ0n) is 10.1. The van der Waals surface area contributed by atoms with Gasteiger partial charge >= 0.3 is 0 Å². The largest absolute Gasteiger partial charge is 0.342 e. The molecule has 2 radical (unpaired) electrons. The number of fused-ring (bicyclic) bond motifs is 2. The van der Waals surface area contributed by atoms with Crippen molar-refractivity contribution in [2.24, 2.45) is 5.92 Å². The summed E-state index contributed by atoms with van der Waals surface area (Å²) in [4.78, 5) is 12.0. The minimum absolute atomic E-state index is 0.0434. The molecule has 1 heterocycles. The third-order valence-corrected chi connectivity index (χ3v) is 4.28. The van der Waals surface area contributed by atoms with E-state index in [4.69, 9.17) is 7.85 Å². The molecule has 1 aromatic rings. The van der Waals surface area contributed by atoms with Crippen molar-refractivity contribution >= 4 is 19.2 Å². The molecule has 1 N–H and O–H groups in total. The van der Waals surface area contributed by atoms with E-state index in [2.05, 4.69) is 12.2 Å². The molecule has 17 heavy (non-hydrogen) atoms. The lowest BCUT2D eigenvalue weighted by molar-refractivity contribution is 0.0898. The molecule has 1 aromatic carbocycles. The third kappa shape index (κ3) is 1.60. The highest BCUT2D eigenvalue weighted by molar-refractivity contribution is 6.32. The van der Waals surface area contributed by atoms with Gasteiger partial charge in [0.15, 0.2) is 0 Å². The minimum atomic E-state index is -0.105. The van der Waals surface area contributed by atoms with Crippen LogP contribution in [0.3, 0.4) is 0 Å². The van der Waals surface area contributed by atoms with Crippen LogP contribution in [0, 0.1) is 5.92 Å². The first kappa shape index (κ1) is 10.9. The number of benzene rings is 1. The van der Waals surface area contributed by atoms with Gasteiger partial charge in [0.2, 0.25) is 0 Å². The molecule has 1 aliphatic carbocycles. The van der Waals surface area contributed by atoms with Crippen LogP contribution in [0.25, 0.3) is 0 Å². The summed E-state index contributed by atoms with van der Waals surface area (Å²) in [7, 11) is 5.75. The summed E-state index contributed by atoms with van der Waals surface area (Å²) in [5.41, 5.74) is 2.50. The molecule has 3 heteroatoms. The molecule has 2 aliphatic rings. The Hall–Kier alpha value is -1.25. The number of hydrogen-bond donors (Lipinski definition) is 1. The summed E-state index contributed by atoms with van der Waals surface area (Å²) in [5.74, 6) is 0.817. The van der Waals surface area contributed by atoms with Crippen molar-refractivity contribution in [2.75, 3.05) is 0 Å². The van der Waals surface area contributed by atoms with Gasteiger partial charge < -0.3 is 5.32 Å². The van der Waals surface area contributed by atoms with E-state index in [9.17, 15) is 4.79 Å². The Morgan fingerprint density at radius 1 is 1.35 bits per heavy atom. The molecule has 1 spiro atoms. The predicted octanol–water partition coefficient (Wildman–Crippen LogP) is 1.63. The lowest BCUT2D eigenvalue weighted by Crippen LogP contribution is -2.42. The van der Waals surface area contributed by atoms with Crippen LogP contribution in [0.4, 0.5) is 0 Å². The molecular formula is C14H16BNO. The molecule has 1 fully saturated rings. The first-order chi connectivity index (χ1) is 8.11. The lowest BCUT2D eigenvalue weighted by atomic mass is 9.73. The van der Waals surface area contributed by atoms with Gasteiger partial charge in [-0.2, -0.15) is 0 Å². The highest BCUT2D eigenvalue weighted by atomic mass is 16.2. The molecule has 1 amide bonds. The van der Waals surface area contributed by atoms with E-state index in [0.717, 1.165) is 29.9 Å². The van der Waals surface area contributed by atoms with E-state index >= 15 is 0 Å². The Labute approximate surface area is 103 Å². The van der Waals surface area contributed by atoms with Crippen LogP contribution in [0.1, 0.15) is 48.5 Å². The number of carbonyl (C=O) groups is 1. The predicted molar refractivity (Wildman–Crippen MR) is 68.6 cm³/mol. The van der Waals surface area contributed by atoms with Crippen LogP contribution in [0.5, 0.6) is 0 Å². The van der Waals surface area contributed by atoms with Crippen LogP contribution in [0.15, 0.2) is 18.2 Å². The molecule has 3 rings (SSSR count). The fraction of sp³-hybridized carbons (Fsp3) is 0.500. The van der Waals surface area contributed by atoms with E-state index in [1.54, 1.807) is 6.07 Å². The summed E-state index contributed by atoms with van der Waals surface area (Å²) in [6.45, 7) is 2.29. The second kappa shape index (κ2) is 3.62. The van der Waals surface area contributed by atoms with Gasteiger partial charge in [-0.15, -0.1) is 0 Å².